The highest BCUT2D eigenvalue weighted by Gasteiger charge is 2.21. The van der Waals surface area contributed by atoms with Gasteiger partial charge in [-0.05, 0) is 29.8 Å². The zero-order chi connectivity index (χ0) is 15.4. The van der Waals surface area contributed by atoms with E-state index in [-0.39, 0.29) is 10.8 Å². The van der Waals surface area contributed by atoms with Crippen LogP contribution in [0.3, 0.4) is 0 Å². The van der Waals surface area contributed by atoms with Gasteiger partial charge >= 0.3 is 5.97 Å². The molecule has 21 heavy (non-hydrogen) atoms. The molecule has 0 bridgehead atoms. The topological polar surface area (TPSA) is 79.5 Å². The number of hydrogen-bond donors (Lipinski definition) is 2. The molecule has 1 aromatic heterocycles. The Morgan fingerprint density at radius 1 is 1.38 bits per heavy atom. The maximum atomic E-state index is 13.5. The van der Waals surface area contributed by atoms with Crippen molar-refractivity contribution in [3.05, 3.63) is 58.8 Å². The lowest BCUT2D eigenvalue weighted by Crippen LogP contribution is -2.30. The van der Waals surface area contributed by atoms with Crippen LogP contribution in [0.2, 0.25) is 5.02 Å². The highest BCUT2D eigenvalue weighted by atomic mass is 35.5. The van der Waals surface area contributed by atoms with E-state index < -0.39 is 30.2 Å². The average Bonchev–Trinajstić information content (AvgIpc) is 2.94. The summed E-state index contributed by atoms with van der Waals surface area (Å²) in [6.07, 6.45) is 0.927. The van der Waals surface area contributed by atoms with E-state index in [1.54, 1.807) is 0 Å². The van der Waals surface area contributed by atoms with Gasteiger partial charge in [0.25, 0.3) is 5.91 Å². The van der Waals surface area contributed by atoms with Gasteiger partial charge in [0.1, 0.15) is 5.82 Å². The number of benzene rings is 1. The first-order chi connectivity index (χ1) is 9.97. The standard InChI is InChI=1S/C14H11ClFNO4/c15-9-4-3-8(6-10(9)16)11(7-13(18)19)17-14(20)12-2-1-5-21-12/h1-6,11H,7H2,(H,17,20)(H,18,19). The number of furan rings is 1. The van der Waals surface area contributed by atoms with E-state index in [2.05, 4.69) is 5.32 Å². The zero-order valence-electron chi connectivity index (χ0n) is 10.7. The van der Waals surface area contributed by atoms with Crippen LogP contribution in [0.25, 0.3) is 0 Å². The largest absolute Gasteiger partial charge is 0.481 e. The van der Waals surface area contributed by atoms with Gasteiger partial charge in [0.2, 0.25) is 0 Å². The maximum Gasteiger partial charge on any atom is 0.305 e. The van der Waals surface area contributed by atoms with E-state index in [9.17, 15) is 14.0 Å². The van der Waals surface area contributed by atoms with Crippen molar-refractivity contribution < 1.29 is 23.5 Å². The van der Waals surface area contributed by atoms with Crippen LogP contribution in [0.5, 0.6) is 0 Å². The quantitative estimate of drug-likeness (QED) is 0.889. The molecule has 0 saturated heterocycles. The van der Waals surface area contributed by atoms with Gasteiger partial charge in [-0.1, -0.05) is 17.7 Å². The number of amides is 1. The SMILES string of the molecule is O=C(O)CC(NC(=O)c1ccco1)c1ccc(Cl)c(F)c1. The molecule has 0 fully saturated rings. The minimum absolute atomic E-state index is 0.0415. The summed E-state index contributed by atoms with van der Waals surface area (Å²) in [6.45, 7) is 0. The molecule has 2 rings (SSSR count). The number of nitrogens with one attached hydrogen (secondary N) is 1. The Kier molecular flexibility index (Phi) is 4.59. The third-order valence-electron chi connectivity index (χ3n) is 2.78. The van der Waals surface area contributed by atoms with Crippen LogP contribution in [0.15, 0.2) is 41.0 Å². The minimum atomic E-state index is -1.13. The first kappa shape index (κ1) is 15.1. The van der Waals surface area contributed by atoms with E-state index in [0.29, 0.717) is 5.56 Å². The fourth-order valence-corrected chi connectivity index (χ4v) is 1.91. The molecule has 1 heterocycles. The van der Waals surface area contributed by atoms with E-state index in [4.69, 9.17) is 21.1 Å². The van der Waals surface area contributed by atoms with Crippen molar-refractivity contribution in [1.82, 2.24) is 5.32 Å². The Balaban J connectivity index is 2.23. The molecule has 0 aliphatic carbocycles. The maximum absolute atomic E-state index is 13.5. The molecular weight excluding hydrogens is 301 g/mol. The Morgan fingerprint density at radius 2 is 2.14 bits per heavy atom. The van der Waals surface area contributed by atoms with Crippen LogP contribution in [0, 0.1) is 5.82 Å². The Labute approximate surface area is 124 Å². The minimum Gasteiger partial charge on any atom is -0.481 e. The van der Waals surface area contributed by atoms with Gasteiger partial charge in [-0.25, -0.2) is 4.39 Å². The van der Waals surface area contributed by atoms with Gasteiger partial charge in [0.05, 0.1) is 23.7 Å². The predicted molar refractivity (Wildman–Crippen MR) is 72.6 cm³/mol. The van der Waals surface area contributed by atoms with Crippen LogP contribution in [0.1, 0.15) is 28.6 Å². The smallest absolute Gasteiger partial charge is 0.305 e. The molecule has 110 valence electrons. The fourth-order valence-electron chi connectivity index (χ4n) is 1.79. The van der Waals surface area contributed by atoms with Gasteiger partial charge in [-0.15, -0.1) is 0 Å². The van der Waals surface area contributed by atoms with Crippen LogP contribution < -0.4 is 5.32 Å². The zero-order valence-corrected chi connectivity index (χ0v) is 11.4. The van der Waals surface area contributed by atoms with Crippen molar-refractivity contribution in [1.29, 1.82) is 0 Å². The second kappa shape index (κ2) is 6.41. The molecule has 1 aromatic carbocycles. The average molecular weight is 312 g/mol. The van der Waals surface area contributed by atoms with Gasteiger partial charge in [0.15, 0.2) is 5.76 Å². The van der Waals surface area contributed by atoms with Crippen LogP contribution in [0.4, 0.5) is 4.39 Å². The molecule has 0 aliphatic rings. The number of carbonyl (C=O) groups is 2. The van der Waals surface area contributed by atoms with Gasteiger partial charge in [-0.2, -0.15) is 0 Å². The number of aliphatic carboxylic acids is 1. The van der Waals surface area contributed by atoms with Crippen molar-refractivity contribution in [3.63, 3.8) is 0 Å². The molecule has 0 radical (unpaired) electrons. The predicted octanol–water partition coefficient (Wildman–Crippen LogP) is 3.02. The Morgan fingerprint density at radius 3 is 2.71 bits per heavy atom. The molecule has 2 N–H and O–H groups in total. The van der Waals surface area contributed by atoms with Crippen LogP contribution in [-0.4, -0.2) is 17.0 Å². The molecule has 7 heteroatoms. The second-order valence-corrected chi connectivity index (χ2v) is 4.68. The second-order valence-electron chi connectivity index (χ2n) is 4.27. The number of halogens is 2. The third-order valence-corrected chi connectivity index (χ3v) is 3.08. The molecule has 1 unspecified atom stereocenters. The number of carboxylic acids is 1. The molecule has 0 saturated carbocycles. The highest BCUT2D eigenvalue weighted by Crippen LogP contribution is 2.23. The molecule has 0 spiro atoms. The lowest BCUT2D eigenvalue weighted by atomic mass is 10.0. The monoisotopic (exact) mass is 311 g/mol. The first-order valence-corrected chi connectivity index (χ1v) is 6.36. The Hall–Kier alpha value is -2.34. The number of carboxylic acid groups (broad SMARTS) is 1. The summed E-state index contributed by atoms with van der Waals surface area (Å²) in [5, 5.41) is 11.3. The molecular formula is C14H11ClFNO4. The van der Waals surface area contributed by atoms with E-state index in [1.165, 1.54) is 30.5 Å². The van der Waals surface area contributed by atoms with E-state index >= 15 is 0 Å². The number of carbonyl (C=O) groups excluding carboxylic acids is 1. The molecule has 1 amide bonds. The lowest BCUT2D eigenvalue weighted by molar-refractivity contribution is -0.137. The highest BCUT2D eigenvalue weighted by molar-refractivity contribution is 6.30. The van der Waals surface area contributed by atoms with Crippen molar-refractivity contribution in [2.75, 3.05) is 0 Å². The summed E-state index contributed by atoms with van der Waals surface area (Å²) in [7, 11) is 0. The van der Waals surface area contributed by atoms with Crippen molar-refractivity contribution >= 4 is 23.5 Å². The number of rotatable bonds is 5. The summed E-state index contributed by atoms with van der Waals surface area (Å²) in [5.41, 5.74) is 0.305. The lowest BCUT2D eigenvalue weighted by Gasteiger charge is -2.17. The molecule has 1 atom stereocenters. The fraction of sp³-hybridized carbons (Fsp3) is 0.143. The summed E-state index contributed by atoms with van der Waals surface area (Å²) < 4.78 is 18.4. The number of hydrogen-bond acceptors (Lipinski definition) is 3. The summed E-state index contributed by atoms with van der Waals surface area (Å²) >= 11 is 5.58. The molecule has 0 aliphatic heterocycles. The normalized spacial score (nSPS) is 11.9. The summed E-state index contributed by atoms with van der Waals surface area (Å²) in [5.74, 6) is -2.35. The molecule has 2 aromatic rings. The van der Waals surface area contributed by atoms with Crippen molar-refractivity contribution in [2.24, 2.45) is 0 Å². The Bertz CT molecular complexity index is 657. The van der Waals surface area contributed by atoms with Crippen LogP contribution in [-0.2, 0) is 4.79 Å². The van der Waals surface area contributed by atoms with Gasteiger partial charge < -0.3 is 14.8 Å². The first-order valence-electron chi connectivity index (χ1n) is 5.98. The van der Waals surface area contributed by atoms with E-state index in [1.807, 2.05) is 0 Å². The van der Waals surface area contributed by atoms with Crippen LogP contribution >= 0.6 is 11.6 Å². The van der Waals surface area contributed by atoms with Crippen molar-refractivity contribution in [3.8, 4) is 0 Å². The summed E-state index contributed by atoms with van der Waals surface area (Å²) in [4.78, 5) is 22.8. The summed E-state index contributed by atoms with van der Waals surface area (Å²) in [6, 6.07) is 5.94. The van der Waals surface area contributed by atoms with Gasteiger partial charge in [-0.3, -0.25) is 9.59 Å². The van der Waals surface area contributed by atoms with Gasteiger partial charge in [0, 0.05) is 0 Å². The van der Waals surface area contributed by atoms with Crippen molar-refractivity contribution in [2.45, 2.75) is 12.5 Å². The molecule has 5 nitrogen and oxygen atoms in total. The van der Waals surface area contributed by atoms with E-state index in [0.717, 1.165) is 6.07 Å². The third kappa shape index (κ3) is 3.82.